The number of carbonyl (C=O) groups excluding carboxylic acids is 3. The summed E-state index contributed by atoms with van der Waals surface area (Å²) in [6.45, 7) is 7.59. The van der Waals surface area contributed by atoms with E-state index < -0.39 is 24.4 Å². The van der Waals surface area contributed by atoms with Crippen LogP contribution in [0.2, 0.25) is 0 Å². The van der Waals surface area contributed by atoms with Crippen LogP contribution in [0.25, 0.3) is 0 Å². The van der Waals surface area contributed by atoms with Crippen LogP contribution in [0.5, 0.6) is 0 Å². The van der Waals surface area contributed by atoms with Gasteiger partial charge in [0.2, 0.25) is 0 Å². The predicted molar refractivity (Wildman–Crippen MR) is 181 cm³/mol. The smallest absolute Gasteiger partial charge is 0.306 e. The molecule has 1 aromatic rings. The number of nitrogens with zero attached hydrogens (tertiary/aromatic N) is 1. The fourth-order valence-corrected chi connectivity index (χ4v) is 9.25. The number of rotatable bonds is 8. The van der Waals surface area contributed by atoms with Crippen LogP contribution in [0.15, 0.2) is 34.4 Å². The third-order valence-corrected chi connectivity index (χ3v) is 11.9. The van der Waals surface area contributed by atoms with E-state index in [1.54, 1.807) is 34.3 Å². The number of ether oxygens (including phenoxy) is 6. The topological polar surface area (TPSA) is 145 Å². The van der Waals surface area contributed by atoms with Gasteiger partial charge >= 0.3 is 5.97 Å². The number of cyclic esters (lactones) is 1. The number of aryl methyl sites for hydroxylation is 1. The summed E-state index contributed by atoms with van der Waals surface area (Å²) in [5.74, 6) is -0.400. The van der Waals surface area contributed by atoms with E-state index in [1.807, 2.05) is 20.8 Å². The third-order valence-electron chi connectivity index (χ3n) is 11.9. The fraction of sp³-hybridized carbons (Fsp3) is 0.737. The lowest BCUT2D eigenvalue weighted by Crippen LogP contribution is -2.59. The molecular formula is C38H54N2O10. The monoisotopic (exact) mass is 698 g/mol. The van der Waals surface area contributed by atoms with E-state index in [4.69, 9.17) is 32.9 Å². The van der Waals surface area contributed by atoms with Gasteiger partial charge < -0.3 is 38.3 Å². The number of hydrogen-bond donors (Lipinski definition) is 1. The first-order valence-corrected chi connectivity index (χ1v) is 18.3. The quantitative estimate of drug-likeness (QED) is 0.297. The van der Waals surface area contributed by atoms with Crippen molar-refractivity contribution in [2.24, 2.45) is 35.5 Å². The summed E-state index contributed by atoms with van der Waals surface area (Å²) in [6, 6.07) is 1.17. The maximum Gasteiger partial charge on any atom is 0.306 e. The number of ketones is 1. The van der Waals surface area contributed by atoms with Gasteiger partial charge in [-0.05, 0) is 81.6 Å². The maximum absolute atomic E-state index is 14.5. The summed E-state index contributed by atoms with van der Waals surface area (Å²) < 4.78 is 41.3. The summed E-state index contributed by atoms with van der Waals surface area (Å²) in [6.07, 6.45) is 8.68. The van der Waals surface area contributed by atoms with E-state index in [9.17, 15) is 14.4 Å². The molecule has 5 aliphatic rings. The molecule has 3 heterocycles. The molecule has 3 aliphatic carbocycles. The standard InChI is InChI=1S/C38H54N2O10/c1-8-23-10-9-11-30(39-37(43)31-14-19(2)50-40-31)20(3)33(42)29-17-27-25(28(29)18-32(41)48-23)13-12-22-15-24(16-26(22)27)49-38-36(46-7)35(45-6)34(44-5)21(4)47-38/h12-14,17,20-28,30,34-36,38H,8-11,15-16,18H2,1-7H3,(H,39,43)/t20-,21+,22-,23+,24-,25-,26-,27-,28+,30+,34+,35-,36+,38+/m1/s1. The van der Waals surface area contributed by atoms with E-state index in [0.29, 0.717) is 37.0 Å². The second-order valence-electron chi connectivity index (χ2n) is 14.8. The van der Waals surface area contributed by atoms with Crippen molar-refractivity contribution in [2.45, 2.75) is 122 Å². The van der Waals surface area contributed by atoms with Crippen LogP contribution in [0.1, 0.15) is 82.0 Å². The molecule has 12 nitrogen and oxygen atoms in total. The first-order valence-electron chi connectivity index (χ1n) is 18.3. The summed E-state index contributed by atoms with van der Waals surface area (Å²) in [5.41, 5.74) is 0.856. The molecule has 12 heteroatoms. The van der Waals surface area contributed by atoms with Gasteiger partial charge in [0.1, 0.15) is 30.2 Å². The second-order valence-corrected chi connectivity index (χ2v) is 14.8. The predicted octanol–water partition coefficient (Wildman–Crippen LogP) is 4.74. The summed E-state index contributed by atoms with van der Waals surface area (Å²) in [4.78, 5) is 41.1. The number of nitrogens with one attached hydrogen (secondary N) is 1. The van der Waals surface area contributed by atoms with E-state index in [-0.39, 0.29) is 89.9 Å². The lowest BCUT2D eigenvalue weighted by atomic mass is 9.70. The molecule has 0 aromatic carbocycles. The molecule has 0 unspecified atom stereocenters. The number of amides is 1. The van der Waals surface area contributed by atoms with Crippen LogP contribution in [0.3, 0.4) is 0 Å². The molecule has 50 heavy (non-hydrogen) atoms. The van der Waals surface area contributed by atoms with Crippen LogP contribution in [-0.2, 0) is 38.0 Å². The van der Waals surface area contributed by atoms with Gasteiger partial charge in [-0.3, -0.25) is 14.4 Å². The van der Waals surface area contributed by atoms with Crippen LogP contribution >= 0.6 is 0 Å². The summed E-state index contributed by atoms with van der Waals surface area (Å²) >= 11 is 0. The van der Waals surface area contributed by atoms with Gasteiger partial charge in [-0.1, -0.05) is 37.2 Å². The minimum atomic E-state index is -0.620. The normalized spacial score (nSPS) is 40.5. The first kappa shape index (κ1) is 36.9. The Morgan fingerprint density at radius 3 is 2.44 bits per heavy atom. The van der Waals surface area contributed by atoms with Gasteiger partial charge in [0.25, 0.3) is 5.91 Å². The zero-order valence-electron chi connectivity index (χ0n) is 30.4. The van der Waals surface area contributed by atoms with Crippen molar-refractivity contribution in [1.29, 1.82) is 0 Å². The molecule has 0 radical (unpaired) electrons. The highest BCUT2D eigenvalue weighted by atomic mass is 16.7. The van der Waals surface area contributed by atoms with Gasteiger partial charge in [0.15, 0.2) is 17.8 Å². The highest BCUT2D eigenvalue weighted by Gasteiger charge is 2.52. The largest absolute Gasteiger partial charge is 0.462 e. The van der Waals surface area contributed by atoms with Crippen molar-refractivity contribution in [3.05, 3.63) is 41.3 Å². The molecule has 0 spiro atoms. The molecule has 0 bridgehead atoms. The lowest BCUT2D eigenvalue weighted by molar-refractivity contribution is -0.314. The average molecular weight is 699 g/mol. The molecule has 276 valence electrons. The minimum absolute atomic E-state index is 0.0131. The average Bonchev–Trinajstić information content (AvgIpc) is 3.82. The van der Waals surface area contributed by atoms with Crippen LogP contribution in [-0.4, -0.2) is 93.1 Å². The number of hydrogen-bond acceptors (Lipinski definition) is 11. The highest BCUT2D eigenvalue weighted by Crippen LogP contribution is 2.54. The van der Waals surface area contributed by atoms with Gasteiger partial charge in [0.05, 0.1) is 18.6 Å². The molecular weight excluding hydrogens is 644 g/mol. The highest BCUT2D eigenvalue weighted by molar-refractivity contribution is 6.00. The van der Waals surface area contributed by atoms with E-state index in [1.165, 1.54) is 0 Å². The van der Waals surface area contributed by atoms with E-state index >= 15 is 0 Å². The Bertz CT molecular complexity index is 1440. The van der Waals surface area contributed by atoms with Crippen molar-refractivity contribution in [2.75, 3.05) is 21.3 Å². The van der Waals surface area contributed by atoms with E-state index in [2.05, 4.69) is 28.7 Å². The Morgan fingerprint density at radius 2 is 1.76 bits per heavy atom. The number of aromatic nitrogens is 1. The van der Waals surface area contributed by atoms with Gasteiger partial charge in [-0.25, -0.2) is 0 Å². The molecule has 1 N–H and O–H groups in total. The van der Waals surface area contributed by atoms with Crippen molar-refractivity contribution in [3.63, 3.8) is 0 Å². The fourth-order valence-electron chi connectivity index (χ4n) is 9.25. The molecule has 2 aliphatic heterocycles. The number of Topliss-reactive ketones (excluding diaryl/α,β-unsaturated/α-hetero) is 1. The number of allylic oxidation sites excluding steroid dienone is 4. The van der Waals surface area contributed by atoms with Crippen LogP contribution in [0.4, 0.5) is 0 Å². The molecule has 1 aromatic heterocycles. The summed E-state index contributed by atoms with van der Waals surface area (Å²) in [7, 11) is 4.91. The lowest BCUT2D eigenvalue weighted by Gasteiger charge is -2.44. The van der Waals surface area contributed by atoms with Crippen molar-refractivity contribution in [1.82, 2.24) is 10.5 Å². The molecule has 1 saturated carbocycles. The Kier molecular flexibility index (Phi) is 11.6. The van der Waals surface area contributed by atoms with Gasteiger partial charge in [-0.15, -0.1) is 0 Å². The molecule has 1 amide bonds. The molecule has 14 atom stereocenters. The van der Waals surface area contributed by atoms with Crippen LogP contribution < -0.4 is 5.32 Å². The van der Waals surface area contributed by atoms with Crippen molar-refractivity contribution in [3.8, 4) is 0 Å². The maximum atomic E-state index is 14.5. The zero-order valence-corrected chi connectivity index (χ0v) is 30.4. The summed E-state index contributed by atoms with van der Waals surface area (Å²) in [5, 5.41) is 6.96. The van der Waals surface area contributed by atoms with E-state index in [0.717, 1.165) is 12.8 Å². The minimum Gasteiger partial charge on any atom is -0.462 e. The van der Waals surface area contributed by atoms with Crippen LogP contribution in [0, 0.1) is 42.4 Å². The Morgan fingerprint density at radius 1 is 1.00 bits per heavy atom. The van der Waals surface area contributed by atoms with Crippen molar-refractivity contribution < 1.29 is 47.3 Å². The Balaban J connectivity index is 1.23. The second kappa shape index (κ2) is 15.8. The first-order chi connectivity index (χ1) is 24.1. The number of esters is 1. The van der Waals surface area contributed by atoms with Crippen molar-refractivity contribution >= 4 is 17.7 Å². The zero-order chi connectivity index (χ0) is 35.7. The molecule has 6 rings (SSSR count). The molecule has 2 saturated heterocycles. The van der Waals surface area contributed by atoms with Gasteiger partial charge in [-0.2, -0.15) is 0 Å². The SMILES string of the molecule is CC[C@H]1CCC[C@H](NC(=O)c2cc(C)on2)[C@@H](C)C(=O)C2=C[C@@H]3[C@@H](C=C[C@@H]4C[C@@H](O[C@@H]5O[C@@H](C)[C@H](OC)[C@@H](OC)[C@@H]5OC)C[C@@H]34)[C@@H]2CC(=O)O1. The Labute approximate surface area is 294 Å². The number of methoxy groups -OCH3 is 3. The Hall–Kier alpha value is -2.90. The van der Waals surface area contributed by atoms with Gasteiger partial charge in [0, 0.05) is 45.3 Å². The molecule has 3 fully saturated rings. The number of fused-ring (bicyclic) bond motifs is 5. The number of carbonyl (C=O) groups is 3. The third kappa shape index (κ3) is 7.37.